The van der Waals surface area contributed by atoms with Crippen LogP contribution >= 0.6 is 0 Å². The van der Waals surface area contributed by atoms with Crippen molar-refractivity contribution in [2.75, 3.05) is 0 Å². The molecule has 0 spiro atoms. The minimum atomic E-state index is -0.998. The Hall–Kier alpha value is -0.640. The van der Waals surface area contributed by atoms with Crippen molar-refractivity contribution >= 4 is 0 Å². The maximum Gasteiger partial charge on any atom is 0.0920 e. The highest BCUT2D eigenvalue weighted by molar-refractivity contribution is 5.16. The monoisotopic (exact) mass is 320 g/mol. The molecule has 3 nitrogen and oxygen atoms in total. The van der Waals surface area contributed by atoms with Crippen LogP contribution in [0.1, 0.15) is 59.3 Å². The molecule has 0 aromatic rings. The number of ether oxygens (including phenoxy) is 1. The summed E-state index contributed by atoms with van der Waals surface area (Å²) >= 11 is 0. The summed E-state index contributed by atoms with van der Waals surface area (Å²) in [5, 5.41) is 21.2. The average Bonchev–Trinajstić information content (AvgIpc) is 3.14. The van der Waals surface area contributed by atoms with Crippen molar-refractivity contribution in [1.29, 1.82) is 0 Å². The molecule has 0 aromatic carbocycles. The van der Waals surface area contributed by atoms with Crippen molar-refractivity contribution in [3.63, 3.8) is 0 Å². The van der Waals surface area contributed by atoms with Crippen molar-refractivity contribution in [1.82, 2.24) is 0 Å². The molecular weight excluding hydrogens is 288 g/mol. The van der Waals surface area contributed by atoms with Crippen LogP contribution in [-0.4, -0.2) is 33.6 Å². The molecule has 0 radical (unpaired) electrons. The lowest BCUT2D eigenvalue weighted by molar-refractivity contribution is -0.126. The fourth-order valence-electron chi connectivity index (χ4n) is 4.84. The molecule has 23 heavy (non-hydrogen) atoms. The van der Waals surface area contributed by atoms with Gasteiger partial charge in [0, 0.05) is 0 Å². The van der Waals surface area contributed by atoms with Gasteiger partial charge in [0.15, 0.2) is 0 Å². The van der Waals surface area contributed by atoms with Gasteiger partial charge in [-0.2, -0.15) is 0 Å². The zero-order valence-corrected chi connectivity index (χ0v) is 14.8. The quantitative estimate of drug-likeness (QED) is 0.614. The van der Waals surface area contributed by atoms with E-state index in [1.54, 1.807) is 6.92 Å². The third kappa shape index (κ3) is 3.16. The van der Waals surface area contributed by atoms with Gasteiger partial charge in [-0.1, -0.05) is 24.3 Å². The zero-order valence-electron chi connectivity index (χ0n) is 14.8. The Kier molecular flexibility index (Phi) is 4.27. The Bertz CT molecular complexity index is 509. The molecule has 0 aromatic heterocycles. The Balaban J connectivity index is 1.68. The summed E-state index contributed by atoms with van der Waals surface area (Å²) < 4.78 is 5.80. The van der Waals surface area contributed by atoms with E-state index in [1.165, 1.54) is 5.57 Å². The molecule has 0 bridgehead atoms. The molecule has 3 heteroatoms. The minimum absolute atomic E-state index is 0.0252. The van der Waals surface area contributed by atoms with E-state index in [9.17, 15) is 10.2 Å². The predicted molar refractivity (Wildman–Crippen MR) is 92.0 cm³/mol. The van der Waals surface area contributed by atoms with Gasteiger partial charge in [-0.05, 0) is 77.0 Å². The Morgan fingerprint density at radius 2 is 1.91 bits per heavy atom. The summed E-state index contributed by atoms with van der Waals surface area (Å²) in [4.78, 5) is 0. The van der Waals surface area contributed by atoms with Gasteiger partial charge < -0.3 is 14.9 Å². The first-order valence-corrected chi connectivity index (χ1v) is 9.05. The molecule has 2 N–H and O–H groups in total. The van der Waals surface area contributed by atoms with Crippen molar-refractivity contribution in [3.05, 3.63) is 24.3 Å². The van der Waals surface area contributed by atoms with Gasteiger partial charge in [-0.25, -0.2) is 0 Å². The summed E-state index contributed by atoms with van der Waals surface area (Å²) in [7, 11) is 0. The first-order chi connectivity index (χ1) is 10.6. The highest BCUT2D eigenvalue weighted by Gasteiger charge is 2.55. The Morgan fingerprint density at radius 3 is 2.52 bits per heavy atom. The molecule has 0 unspecified atom stereocenters. The normalized spacial score (nSPS) is 49.3. The molecule has 7 atom stereocenters. The van der Waals surface area contributed by atoms with Crippen LogP contribution in [0.3, 0.4) is 0 Å². The number of epoxide rings is 1. The van der Waals surface area contributed by atoms with Crippen molar-refractivity contribution < 1.29 is 14.9 Å². The Morgan fingerprint density at radius 1 is 1.22 bits per heavy atom. The summed E-state index contributed by atoms with van der Waals surface area (Å²) in [6, 6.07) is 0. The van der Waals surface area contributed by atoms with Gasteiger partial charge in [0.1, 0.15) is 0 Å². The van der Waals surface area contributed by atoms with Crippen molar-refractivity contribution in [3.8, 4) is 0 Å². The standard InChI is InChI=1S/C20H32O3/c1-12(2)15-7-8-19(4,22)18(21)16(15)10-13(3)14-6-9-20(5)17(11-14)23-20/h14-18,21-22H,1,3,6-11H2,2,4-5H3/t14-,15-,16-,17-,18-,19-,20+/m0/s1. The number of hydrogen-bond acceptors (Lipinski definition) is 3. The van der Waals surface area contributed by atoms with E-state index in [0.717, 1.165) is 37.7 Å². The number of aliphatic hydroxyl groups excluding tert-OH is 1. The summed E-state index contributed by atoms with van der Waals surface area (Å²) in [5.41, 5.74) is 1.46. The average molecular weight is 320 g/mol. The molecule has 3 fully saturated rings. The molecular formula is C20H32O3. The molecule has 2 saturated carbocycles. The van der Waals surface area contributed by atoms with Crippen LogP contribution in [0.2, 0.25) is 0 Å². The Labute approximate surface area is 140 Å². The third-order valence-electron chi connectivity index (χ3n) is 6.75. The third-order valence-corrected chi connectivity index (χ3v) is 6.75. The van der Waals surface area contributed by atoms with Crippen molar-refractivity contribution in [2.45, 2.75) is 82.7 Å². The minimum Gasteiger partial charge on any atom is -0.390 e. The van der Waals surface area contributed by atoms with Gasteiger partial charge in [0.2, 0.25) is 0 Å². The fraction of sp³-hybridized carbons (Fsp3) is 0.800. The summed E-state index contributed by atoms with van der Waals surface area (Å²) in [5.74, 6) is 0.783. The maximum absolute atomic E-state index is 10.7. The second-order valence-electron chi connectivity index (χ2n) is 8.71. The lowest BCUT2D eigenvalue weighted by Crippen LogP contribution is -2.51. The summed E-state index contributed by atoms with van der Waals surface area (Å²) in [6.07, 6.45) is 5.29. The topological polar surface area (TPSA) is 53.0 Å². The maximum atomic E-state index is 10.7. The molecule has 130 valence electrons. The van der Waals surface area contributed by atoms with E-state index in [-0.39, 0.29) is 17.4 Å². The lowest BCUT2D eigenvalue weighted by Gasteiger charge is -2.45. The number of hydrogen-bond donors (Lipinski definition) is 2. The van der Waals surface area contributed by atoms with Gasteiger partial charge >= 0.3 is 0 Å². The SMILES string of the molecule is C=C(C[C@H]1[C@H](C(=C)C)CC[C@](C)(O)[C@H]1O)[C@H]1CC[C@@]2(C)O[C@H]2C1. The van der Waals surface area contributed by atoms with Crippen LogP contribution in [0, 0.1) is 17.8 Å². The number of allylic oxidation sites excluding steroid dienone is 2. The molecule has 0 amide bonds. The molecule has 2 aliphatic carbocycles. The molecule has 3 rings (SSSR count). The largest absolute Gasteiger partial charge is 0.390 e. The van der Waals surface area contributed by atoms with E-state index in [4.69, 9.17) is 4.74 Å². The number of rotatable bonds is 4. The van der Waals surface area contributed by atoms with Crippen LogP contribution in [-0.2, 0) is 4.74 Å². The van der Waals surface area contributed by atoms with Crippen LogP contribution in [0.4, 0.5) is 0 Å². The molecule has 3 aliphatic rings. The highest BCUT2D eigenvalue weighted by Crippen LogP contribution is 2.52. The summed E-state index contributed by atoms with van der Waals surface area (Å²) in [6.45, 7) is 14.5. The predicted octanol–water partition coefficient (Wildman–Crippen LogP) is 3.60. The smallest absolute Gasteiger partial charge is 0.0920 e. The second kappa shape index (κ2) is 5.72. The lowest BCUT2D eigenvalue weighted by atomic mass is 9.65. The van der Waals surface area contributed by atoms with E-state index < -0.39 is 11.7 Å². The molecule has 1 saturated heterocycles. The van der Waals surface area contributed by atoms with Crippen LogP contribution in [0.15, 0.2) is 24.3 Å². The van der Waals surface area contributed by atoms with Gasteiger partial charge in [-0.3, -0.25) is 0 Å². The first kappa shape index (κ1) is 17.2. The fourth-order valence-corrected chi connectivity index (χ4v) is 4.84. The van der Waals surface area contributed by atoms with Gasteiger partial charge in [0.05, 0.1) is 23.4 Å². The van der Waals surface area contributed by atoms with Crippen LogP contribution in [0.25, 0.3) is 0 Å². The first-order valence-electron chi connectivity index (χ1n) is 9.05. The van der Waals surface area contributed by atoms with Crippen molar-refractivity contribution in [2.24, 2.45) is 17.8 Å². The molecule has 1 aliphatic heterocycles. The van der Waals surface area contributed by atoms with Crippen LogP contribution < -0.4 is 0 Å². The van der Waals surface area contributed by atoms with Crippen LogP contribution in [0.5, 0.6) is 0 Å². The van der Waals surface area contributed by atoms with E-state index in [1.807, 2.05) is 6.92 Å². The van der Waals surface area contributed by atoms with E-state index in [2.05, 4.69) is 20.1 Å². The number of aliphatic hydroxyl groups is 2. The highest BCUT2D eigenvalue weighted by atomic mass is 16.6. The second-order valence-corrected chi connectivity index (χ2v) is 8.71. The van der Waals surface area contributed by atoms with Gasteiger partial charge in [-0.15, -0.1) is 0 Å². The zero-order chi connectivity index (χ0) is 17.0. The number of fused-ring (bicyclic) bond motifs is 1. The van der Waals surface area contributed by atoms with E-state index in [0.29, 0.717) is 18.4 Å². The van der Waals surface area contributed by atoms with Gasteiger partial charge in [0.25, 0.3) is 0 Å². The molecule has 1 heterocycles. The van der Waals surface area contributed by atoms with E-state index >= 15 is 0 Å².